The van der Waals surface area contributed by atoms with E-state index in [2.05, 4.69) is 9.97 Å². The second-order valence-corrected chi connectivity index (χ2v) is 7.22. The summed E-state index contributed by atoms with van der Waals surface area (Å²) in [5.41, 5.74) is 0.334. The lowest BCUT2D eigenvalue weighted by molar-refractivity contribution is -0.131. The number of fused-ring (bicyclic) bond motifs is 1. The molecule has 0 saturated heterocycles. The first kappa shape index (κ1) is 20.4. The van der Waals surface area contributed by atoms with Gasteiger partial charge < -0.3 is 19.4 Å². The van der Waals surface area contributed by atoms with Crippen molar-refractivity contribution < 1.29 is 18.7 Å². The second-order valence-electron chi connectivity index (χ2n) is 7.22. The van der Waals surface area contributed by atoms with E-state index in [1.165, 1.54) is 11.0 Å². The Balaban J connectivity index is 1.63. The van der Waals surface area contributed by atoms with E-state index in [1.807, 2.05) is 0 Å². The quantitative estimate of drug-likeness (QED) is 0.629. The zero-order valence-corrected chi connectivity index (χ0v) is 16.7. The Hall–Kier alpha value is -3.88. The van der Waals surface area contributed by atoms with Crippen molar-refractivity contribution in [1.82, 2.24) is 14.9 Å². The number of hydrogen-bond acceptors (Lipinski definition) is 5. The van der Waals surface area contributed by atoms with Crippen LogP contribution < -0.4 is 20.7 Å². The van der Waals surface area contributed by atoms with Crippen LogP contribution in [0.15, 0.2) is 52.1 Å². The third-order valence-electron chi connectivity index (χ3n) is 5.07. The number of halogens is 1. The summed E-state index contributed by atoms with van der Waals surface area (Å²) in [6.45, 7) is 1.87. The summed E-state index contributed by atoms with van der Waals surface area (Å²) in [6, 6.07) is 11.5. The highest BCUT2D eigenvalue weighted by molar-refractivity contribution is 5.79. The van der Waals surface area contributed by atoms with Gasteiger partial charge in [-0.2, -0.15) is 0 Å². The van der Waals surface area contributed by atoms with Crippen molar-refractivity contribution in [3.63, 3.8) is 0 Å². The Kier molecular flexibility index (Phi) is 5.57. The summed E-state index contributed by atoms with van der Waals surface area (Å²) in [5, 5.41) is 0. The van der Waals surface area contributed by atoms with Crippen LogP contribution >= 0.6 is 0 Å². The van der Waals surface area contributed by atoms with Crippen molar-refractivity contribution in [2.45, 2.75) is 26.4 Å². The molecule has 1 aliphatic rings. The van der Waals surface area contributed by atoms with Gasteiger partial charge in [-0.25, -0.2) is 9.18 Å². The van der Waals surface area contributed by atoms with E-state index in [1.54, 1.807) is 43.3 Å². The third-order valence-corrected chi connectivity index (χ3v) is 5.07. The molecule has 0 aliphatic carbocycles. The Morgan fingerprint density at radius 3 is 2.61 bits per heavy atom. The Morgan fingerprint density at radius 2 is 1.84 bits per heavy atom. The fraction of sp³-hybridized carbons (Fsp3) is 0.227. The van der Waals surface area contributed by atoms with Gasteiger partial charge in [0.05, 0.1) is 6.42 Å². The normalized spacial score (nSPS) is 12.1. The average molecular weight is 425 g/mol. The minimum atomic E-state index is -0.637. The number of amides is 1. The summed E-state index contributed by atoms with van der Waals surface area (Å²) < 4.78 is 25.0. The molecule has 0 unspecified atom stereocenters. The molecule has 160 valence electrons. The van der Waals surface area contributed by atoms with Crippen LogP contribution in [0.3, 0.4) is 0 Å². The number of carbonyl (C=O) groups is 1. The lowest BCUT2D eigenvalue weighted by atomic mass is 10.1. The lowest BCUT2D eigenvalue weighted by Crippen LogP contribution is -2.35. The van der Waals surface area contributed by atoms with Gasteiger partial charge >= 0.3 is 5.69 Å². The standard InChI is InChI=1S/C22H20FN3O5/c1-13-16(21(28)25-22(29)24-13)9-20(27)26(11-15-4-2-3-5-17(15)23)10-14-6-7-18-19(8-14)31-12-30-18/h2-8H,9-12H2,1H3,(H2,24,25,28,29). The molecule has 1 aromatic heterocycles. The molecule has 8 nitrogen and oxygen atoms in total. The van der Waals surface area contributed by atoms with Crippen LogP contribution in [0.5, 0.6) is 11.5 Å². The Bertz CT molecular complexity index is 1250. The molecule has 2 heterocycles. The first-order valence-electron chi connectivity index (χ1n) is 9.62. The summed E-state index contributed by atoms with van der Waals surface area (Å²) in [7, 11) is 0. The first-order chi connectivity index (χ1) is 14.9. The number of nitrogens with one attached hydrogen (secondary N) is 2. The maximum absolute atomic E-state index is 14.3. The van der Waals surface area contributed by atoms with Gasteiger partial charge in [-0.15, -0.1) is 0 Å². The van der Waals surface area contributed by atoms with Gasteiger partial charge in [0.25, 0.3) is 5.56 Å². The number of nitrogens with zero attached hydrogens (tertiary/aromatic N) is 1. The van der Waals surface area contributed by atoms with Crippen LogP contribution in [-0.2, 0) is 24.3 Å². The highest BCUT2D eigenvalue weighted by atomic mass is 19.1. The number of carbonyl (C=O) groups excluding carboxylic acids is 1. The predicted molar refractivity (Wildman–Crippen MR) is 109 cm³/mol. The molecule has 1 amide bonds. The van der Waals surface area contributed by atoms with E-state index in [-0.39, 0.29) is 37.8 Å². The zero-order chi connectivity index (χ0) is 22.0. The average Bonchev–Trinajstić information content (AvgIpc) is 3.19. The largest absolute Gasteiger partial charge is 0.454 e. The summed E-state index contributed by atoms with van der Waals surface area (Å²) in [4.78, 5) is 42.8. The smallest absolute Gasteiger partial charge is 0.325 e. The minimum absolute atomic E-state index is 0.0141. The van der Waals surface area contributed by atoms with Gasteiger partial charge in [-0.1, -0.05) is 24.3 Å². The van der Waals surface area contributed by atoms with Crippen molar-refractivity contribution in [2.24, 2.45) is 0 Å². The molecule has 3 aromatic rings. The van der Waals surface area contributed by atoms with Crippen LogP contribution in [-0.4, -0.2) is 27.6 Å². The van der Waals surface area contributed by atoms with Crippen LogP contribution in [0.2, 0.25) is 0 Å². The topological polar surface area (TPSA) is 104 Å². The Morgan fingerprint density at radius 1 is 1.06 bits per heavy atom. The van der Waals surface area contributed by atoms with Crippen molar-refractivity contribution in [3.8, 4) is 11.5 Å². The number of H-pyrrole nitrogens is 2. The van der Waals surface area contributed by atoms with Crippen molar-refractivity contribution in [3.05, 3.63) is 91.5 Å². The molecule has 0 radical (unpaired) electrons. The van der Waals surface area contributed by atoms with Crippen LogP contribution in [0.4, 0.5) is 4.39 Å². The molecule has 9 heteroatoms. The number of ether oxygens (including phenoxy) is 2. The van der Waals surface area contributed by atoms with Crippen LogP contribution in [0.1, 0.15) is 22.4 Å². The molecule has 31 heavy (non-hydrogen) atoms. The highest BCUT2D eigenvalue weighted by Gasteiger charge is 2.21. The van der Waals surface area contributed by atoms with Gasteiger partial charge in [-0.05, 0) is 30.7 Å². The number of hydrogen-bond donors (Lipinski definition) is 2. The van der Waals surface area contributed by atoms with E-state index in [9.17, 15) is 18.8 Å². The zero-order valence-electron chi connectivity index (χ0n) is 16.7. The van der Waals surface area contributed by atoms with Crippen LogP contribution in [0, 0.1) is 12.7 Å². The number of aryl methyl sites for hydroxylation is 1. The molecule has 0 saturated carbocycles. The molecule has 4 rings (SSSR count). The van der Waals surface area contributed by atoms with Gasteiger partial charge in [-0.3, -0.25) is 14.6 Å². The number of aromatic nitrogens is 2. The summed E-state index contributed by atoms with van der Waals surface area (Å²) in [6.07, 6.45) is -0.239. The fourth-order valence-corrected chi connectivity index (χ4v) is 3.43. The number of rotatable bonds is 6. The molecule has 0 atom stereocenters. The highest BCUT2D eigenvalue weighted by Crippen LogP contribution is 2.33. The Labute approximate surface area is 176 Å². The van der Waals surface area contributed by atoms with Gasteiger partial charge in [0.1, 0.15) is 5.82 Å². The number of aromatic amines is 2. The maximum atomic E-state index is 14.3. The predicted octanol–water partition coefficient (Wildman–Crippen LogP) is 2.01. The minimum Gasteiger partial charge on any atom is -0.454 e. The van der Waals surface area contributed by atoms with E-state index in [4.69, 9.17) is 9.47 Å². The molecule has 0 spiro atoms. The summed E-state index contributed by atoms with van der Waals surface area (Å²) in [5.74, 6) is 0.375. The van der Waals surface area contributed by atoms with E-state index >= 15 is 0 Å². The first-order valence-corrected chi connectivity index (χ1v) is 9.62. The van der Waals surface area contributed by atoms with Crippen molar-refractivity contribution >= 4 is 5.91 Å². The van der Waals surface area contributed by atoms with Crippen molar-refractivity contribution in [1.29, 1.82) is 0 Å². The molecular weight excluding hydrogens is 405 g/mol. The molecule has 1 aliphatic heterocycles. The lowest BCUT2D eigenvalue weighted by Gasteiger charge is -2.24. The van der Waals surface area contributed by atoms with E-state index in [0.717, 1.165) is 5.56 Å². The van der Waals surface area contributed by atoms with Gasteiger partial charge in [0.2, 0.25) is 12.7 Å². The van der Waals surface area contributed by atoms with Crippen molar-refractivity contribution in [2.75, 3.05) is 6.79 Å². The van der Waals surface area contributed by atoms with Gasteiger partial charge in [0, 0.05) is 29.9 Å². The molecule has 0 bridgehead atoms. The summed E-state index contributed by atoms with van der Waals surface area (Å²) >= 11 is 0. The fourth-order valence-electron chi connectivity index (χ4n) is 3.43. The third kappa shape index (κ3) is 4.50. The number of benzene rings is 2. The SMILES string of the molecule is Cc1[nH]c(=O)[nH]c(=O)c1CC(=O)N(Cc1ccc2c(c1)OCO2)Cc1ccccc1F. The van der Waals surface area contributed by atoms with Crippen LogP contribution in [0.25, 0.3) is 0 Å². The van der Waals surface area contributed by atoms with E-state index < -0.39 is 17.1 Å². The van der Waals surface area contributed by atoms with E-state index in [0.29, 0.717) is 22.8 Å². The van der Waals surface area contributed by atoms with Gasteiger partial charge in [0.15, 0.2) is 11.5 Å². The maximum Gasteiger partial charge on any atom is 0.325 e. The monoisotopic (exact) mass is 425 g/mol. The second kappa shape index (κ2) is 8.47. The molecule has 2 aromatic carbocycles. The molecule has 2 N–H and O–H groups in total. The molecular formula is C22H20FN3O5. The molecule has 0 fully saturated rings.